The van der Waals surface area contributed by atoms with Crippen molar-refractivity contribution >= 4 is 17.9 Å². The Hall–Kier alpha value is -2.94. The minimum Gasteiger partial charge on any atom is -0.442 e. The van der Waals surface area contributed by atoms with Gasteiger partial charge < -0.3 is 15.0 Å². The number of aromatic nitrogens is 3. The molecule has 0 saturated carbocycles. The number of hydrogen-bond donors (Lipinski definition) is 1. The second-order valence-corrected chi connectivity index (χ2v) is 7.70. The molecule has 0 atom stereocenters. The first-order valence-corrected chi connectivity index (χ1v) is 9.69. The monoisotopic (exact) mass is 418 g/mol. The molecule has 0 bridgehead atoms. The first-order chi connectivity index (χ1) is 13.8. The molecule has 6 nitrogen and oxygen atoms in total. The van der Waals surface area contributed by atoms with E-state index in [-0.39, 0.29) is 12.5 Å². The molecule has 0 aliphatic carbocycles. The van der Waals surface area contributed by atoms with E-state index in [0.717, 1.165) is 17.3 Å². The van der Waals surface area contributed by atoms with E-state index in [1.54, 1.807) is 12.4 Å². The van der Waals surface area contributed by atoms with E-state index in [1.165, 1.54) is 23.9 Å². The van der Waals surface area contributed by atoms with Crippen molar-refractivity contribution in [1.82, 2.24) is 14.5 Å². The van der Waals surface area contributed by atoms with Gasteiger partial charge >= 0.3 is 6.09 Å². The highest BCUT2D eigenvalue weighted by Gasteiger charge is 2.22. The number of nitrogens with two attached hydrogens (primary N) is 1. The molecule has 0 radical (unpaired) electrons. The van der Waals surface area contributed by atoms with E-state index in [4.69, 9.17) is 10.5 Å². The second-order valence-electron chi connectivity index (χ2n) is 6.64. The van der Waals surface area contributed by atoms with Gasteiger partial charge in [0, 0.05) is 23.4 Å². The van der Waals surface area contributed by atoms with E-state index in [9.17, 15) is 13.6 Å². The maximum absolute atomic E-state index is 13.7. The van der Waals surface area contributed by atoms with Crippen molar-refractivity contribution in [3.05, 3.63) is 71.4 Å². The molecule has 0 spiro atoms. The van der Waals surface area contributed by atoms with E-state index in [2.05, 4.69) is 9.97 Å². The van der Waals surface area contributed by atoms with E-state index < -0.39 is 17.7 Å². The molecule has 0 saturated heterocycles. The van der Waals surface area contributed by atoms with Gasteiger partial charge in [-0.25, -0.2) is 18.6 Å². The minimum atomic E-state index is -0.909. The topological polar surface area (TPSA) is 83.0 Å². The van der Waals surface area contributed by atoms with Crippen LogP contribution in [0.2, 0.25) is 0 Å². The number of primary amides is 1. The van der Waals surface area contributed by atoms with Crippen LogP contribution in [0, 0.1) is 11.6 Å². The average molecular weight is 418 g/mol. The van der Waals surface area contributed by atoms with Gasteiger partial charge in [-0.05, 0) is 29.7 Å². The van der Waals surface area contributed by atoms with Gasteiger partial charge in [0.2, 0.25) is 0 Å². The molecule has 1 aromatic carbocycles. The number of halogens is 2. The molecular weight excluding hydrogens is 398 g/mol. The molecule has 3 aromatic rings. The van der Waals surface area contributed by atoms with Gasteiger partial charge in [-0.3, -0.25) is 4.98 Å². The summed E-state index contributed by atoms with van der Waals surface area (Å²) in [5.41, 5.74) is 6.73. The fraction of sp³-hybridized carbons (Fsp3) is 0.250. The zero-order valence-corrected chi connectivity index (χ0v) is 16.7. The lowest BCUT2D eigenvalue weighted by Gasteiger charge is -2.13. The summed E-state index contributed by atoms with van der Waals surface area (Å²) in [6, 6.07) is 7.06. The number of hydrogen-bond acceptors (Lipinski definition) is 5. The lowest BCUT2D eigenvalue weighted by atomic mass is 10.1. The quantitative estimate of drug-likeness (QED) is 0.612. The second kappa shape index (κ2) is 9.04. The van der Waals surface area contributed by atoms with Crippen LogP contribution in [0.5, 0.6) is 0 Å². The molecule has 2 N–H and O–H groups in total. The molecule has 3 rings (SSSR count). The summed E-state index contributed by atoms with van der Waals surface area (Å²) < 4.78 is 34.2. The summed E-state index contributed by atoms with van der Waals surface area (Å²) in [6.45, 7) is 4.20. The number of carbonyl (C=O) groups excluding carboxylic acids is 1. The van der Waals surface area contributed by atoms with Crippen molar-refractivity contribution in [1.29, 1.82) is 0 Å². The first-order valence-electron chi connectivity index (χ1n) is 8.88. The van der Waals surface area contributed by atoms with Gasteiger partial charge in [-0.2, -0.15) is 0 Å². The third kappa shape index (κ3) is 5.32. The fourth-order valence-electron chi connectivity index (χ4n) is 2.77. The van der Waals surface area contributed by atoms with Gasteiger partial charge in [0.1, 0.15) is 22.5 Å². The zero-order valence-electron chi connectivity index (χ0n) is 15.9. The Morgan fingerprint density at radius 3 is 2.59 bits per heavy atom. The largest absolute Gasteiger partial charge is 0.442 e. The van der Waals surface area contributed by atoms with Crippen molar-refractivity contribution in [2.75, 3.05) is 0 Å². The smallest absolute Gasteiger partial charge is 0.404 e. The molecule has 1 amide bonds. The van der Waals surface area contributed by atoms with Crippen molar-refractivity contribution in [2.45, 2.75) is 42.8 Å². The molecule has 152 valence electrons. The summed E-state index contributed by atoms with van der Waals surface area (Å²) in [5.74, 6) is -0.808. The highest BCUT2D eigenvalue weighted by atomic mass is 32.2. The molecule has 9 heteroatoms. The normalized spacial score (nSPS) is 11.1. The number of imidazole rings is 1. The standard InChI is InChI=1S/C20H20F2N4O2S/c1-12(2)18-19(29-16-7-14(21)6-15(22)8-16)26(10-13-4-3-5-24-9-13)17(25-18)11-28-20(23)27/h3-9,12H,10-11H2,1-2H3,(H2,23,27). The third-order valence-electron chi connectivity index (χ3n) is 4.03. The molecule has 0 aliphatic heterocycles. The van der Waals surface area contributed by atoms with Gasteiger partial charge in [-0.15, -0.1) is 0 Å². The maximum Gasteiger partial charge on any atom is 0.404 e. The van der Waals surface area contributed by atoms with Crippen molar-refractivity contribution in [3.63, 3.8) is 0 Å². The summed E-state index contributed by atoms with van der Waals surface area (Å²) in [4.78, 5) is 20.2. The zero-order chi connectivity index (χ0) is 21.0. The van der Waals surface area contributed by atoms with Gasteiger partial charge in [-0.1, -0.05) is 31.7 Å². The molecule has 29 heavy (non-hydrogen) atoms. The Morgan fingerprint density at radius 2 is 2.00 bits per heavy atom. The van der Waals surface area contributed by atoms with Crippen molar-refractivity contribution in [3.8, 4) is 0 Å². The first kappa shape index (κ1) is 20.8. The van der Waals surface area contributed by atoms with E-state index >= 15 is 0 Å². The van der Waals surface area contributed by atoms with E-state index in [0.29, 0.717) is 22.3 Å². The van der Waals surface area contributed by atoms with Crippen LogP contribution in [-0.2, 0) is 17.9 Å². The lowest BCUT2D eigenvalue weighted by Crippen LogP contribution is -2.15. The van der Waals surface area contributed by atoms with Crippen molar-refractivity contribution in [2.24, 2.45) is 5.73 Å². The maximum atomic E-state index is 13.7. The predicted octanol–water partition coefficient (Wildman–Crippen LogP) is 4.47. The fourth-order valence-corrected chi connectivity index (χ4v) is 4.00. The van der Waals surface area contributed by atoms with Crippen molar-refractivity contribution < 1.29 is 18.3 Å². The Kier molecular flexibility index (Phi) is 6.48. The molecular formula is C20H20F2N4O2S. The highest BCUT2D eigenvalue weighted by molar-refractivity contribution is 7.99. The van der Waals surface area contributed by atoms with Crippen LogP contribution in [-0.4, -0.2) is 20.6 Å². The van der Waals surface area contributed by atoms with Crippen LogP contribution in [0.15, 0.2) is 52.6 Å². The SMILES string of the molecule is CC(C)c1nc(COC(N)=O)n(Cc2cccnc2)c1Sc1cc(F)cc(F)c1. The highest BCUT2D eigenvalue weighted by Crippen LogP contribution is 2.36. The van der Waals surface area contributed by atoms with Crippen LogP contribution in [0.3, 0.4) is 0 Å². The molecule has 0 unspecified atom stereocenters. The summed E-state index contributed by atoms with van der Waals surface area (Å²) in [7, 11) is 0. The number of amides is 1. The van der Waals surface area contributed by atoms with Gasteiger partial charge in [0.05, 0.1) is 12.2 Å². The van der Waals surface area contributed by atoms with Crippen LogP contribution in [0.1, 0.15) is 36.8 Å². The Morgan fingerprint density at radius 1 is 1.28 bits per heavy atom. The molecule has 2 heterocycles. The molecule has 0 aliphatic rings. The van der Waals surface area contributed by atoms with Crippen LogP contribution >= 0.6 is 11.8 Å². The number of carbonyl (C=O) groups is 1. The number of ether oxygens (including phenoxy) is 1. The predicted molar refractivity (Wildman–Crippen MR) is 105 cm³/mol. The van der Waals surface area contributed by atoms with Gasteiger partial charge in [0.15, 0.2) is 6.61 Å². The Balaban J connectivity index is 2.08. The Bertz CT molecular complexity index is 989. The van der Waals surface area contributed by atoms with Crippen LogP contribution in [0.25, 0.3) is 0 Å². The summed E-state index contributed by atoms with van der Waals surface area (Å²) in [6.07, 6.45) is 2.47. The molecule has 0 fully saturated rings. The third-order valence-corrected chi connectivity index (χ3v) is 5.12. The number of nitrogens with zero attached hydrogens (tertiary/aromatic N) is 3. The average Bonchev–Trinajstić information content (AvgIpc) is 2.97. The van der Waals surface area contributed by atoms with Gasteiger partial charge in [0.25, 0.3) is 0 Å². The number of rotatable bonds is 7. The van der Waals surface area contributed by atoms with Crippen LogP contribution in [0.4, 0.5) is 13.6 Å². The molecule has 2 aromatic heterocycles. The number of pyridine rings is 1. The summed E-state index contributed by atoms with van der Waals surface area (Å²) >= 11 is 1.20. The lowest BCUT2D eigenvalue weighted by molar-refractivity contribution is 0.145. The van der Waals surface area contributed by atoms with E-state index in [1.807, 2.05) is 30.5 Å². The minimum absolute atomic E-state index is 0.0263. The van der Waals surface area contributed by atoms with Crippen LogP contribution < -0.4 is 5.73 Å². The number of benzene rings is 1. The summed E-state index contributed by atoms with van der Waals surface area (Å²) in [5, 5.41) is 0.705. The Labute approximate surface area is 171 Å².